The van der Waals surface area contributed by atoms with Gasteiger partial charge in [-0.1, -0.05) is 0 Å². The van der Waals surface area contributed by atoms with E-state index < -0.39 is 5.97 Å². The van der Waals surface area contributed by atoms with E-state index in [-0.39, 0.29) is 11.9 Å². The van der Waals surface area contributed by atoms with Crippen LogP contribution in [0, 0.1) is 0 Å². The van der Waals surface area contributed by atoms with E-state index in [4.69, 9.17) is 9.47 Å². The van der Waals surface area contributed by atoms with Gasteiger partial charge in [-0.3, -0.25) is 0 Å². The molecule has 1 aliphatic rings. The van der Waals surface area contributed by atoms with Crippen LogP contribution in [0.2, 0.25) is 0 Å². The van der Waals surface area contributed by atoms with Crippen molar-refractivity contribution in [3.63, 3.8) is 0 Å². The summed E-state index contributed by atoms with van der Waals surface area (Å²) in [4.78, 5) is 17.9. The third-order valence-electron chi connectivity index (χ3n) is 2.37. The van der Waals surface area contributed by atoms with E-state index in [0.717, 1.165) is 25.9 Å². The van der Waals surface area contributed by atoms with Gasteiger partial charge in [-0.05, 0) is 19.3 Å². The second kappa shape index (κ2) is 4.93. The van der Waals surface area contributed by atoms with Crippen molar-refractivity contribution in [1.82, 2.24) is 9.97 Å². The molecule has 15 heavy (non-hydrogen) atoms. The average molecular weight is 210 g/mol. The van der Waals surface area contributed by atoms with E-state index in [1.165, 1.54) is 6.20 Å². The van der Waals surface area contributed by atoms with Crippen LogP contribution >= 0.6 is 0 Å². The Morgan fingerprint density at radius 1 is 1.67 bits per heavy atom. The quantitative estimate of drug-likeness (QED) is 0.760. The maximum atomic E-state index is 11.4. The van der Waals surface area contributed by atoms with Gasteiger partial charge in [0.2, 0.25) is 5.82 Å². The van der Waals surface area contributed by atoms with Crippen molar-refractivity contribution in [3.05, 3.63) is 18.2 Å². The summed E-state index contributed by atoms with van der Waals surface area (Å²) in [5.41, 5.74) is 0. The zero-order valence-electron chi connectivity index (χ0n) is 8.44. The predicted molar refractivity (Wildman–Crippen MR) is 52.5 cm³/mol. The zero-order chi connectivity index (χ0) is 10.5. The number of nitrogens with one attached hydrogen (secondary N) is 1. The van der Waals surface area contributed by atoms with Crippen molar-refractivity contribution < 1.29 is 14.3 Å². The van der Waals surface area contributed by atoms with Crippen LogP contribution in [0.3, 0.4) is 0 Å². The van der Waals surface area contributed by atoms with E-state index in [2.05, 4.69) is 9.97 Å². The molecular formula is C10H14N2O3. The molecule has 2 heterocycles. The van der Waals surface area contributed by atoms with Gasteiger partial charge >= 0.3 is 5.97 Å². The highest BCUT2D eigenvalue weighted by atomic mass is 16.6. The molecule has 1 unspecified atom stereocenters. The molecule has 1 fully saturated rings. The summed E-state index contributed by atoms with van der Waals surface area (Å²) < 4.78 is 10.5. The van der Waals surface area contributed by atoms with Crippen molar-refractivity contribution >= 4 is 5.97 Å². The number of ether oxygens (including phenoxy) is 2. The van der Waals surface area contributed by atoms with Crippen LogP contribution < -0.4 is 0 Å². The Labute approximate surface area is 87.8 Å². The molecule has 0 saturated carbocycles. The lowest BCUT2D eigenvalue weighted by Gasteiger charge is -2.21. The number of aromatic nitrogens is 2. The fourth-order valence-electron chi connectivity index (χ4n) is 1.55. The lowest BCUT2D eigenvalue weighted by atomic mass is 10.1. The summed E-state index contributed by atoms with van der Waals surface area (Å²) in [6, 6.07) is 0. The van der Waals surface area contributed by atoms with Crippen LogP contribution in [-0.4, -0.2) is 35.3 Å². The predicted octanol–water partition coefficient (Wildman–Crippen LogP) is 1.14. The molecule has 0 radical (unpaired) electrons. The van der Waals surface area contributed by atoms with Crippen molar-refractivity contribution in [2.24, 2.45) is 0 Å². The second-order valence-corrected chi connectivity index (χ2v) is 3.52. The number of hydrogen-bond donors (Lipinski definition) is 1. The lowest BCUT2D eigenvalue weighted by molar-refractivity contribution is -0.0304. The molecular weight excluding hydrogens is 196 g/mol. The molecule has 0 spiro atoms. The minimum Gasteiger partial charge on any atom is -0.457 e. The molecule has 1 N–H and O–H groups in total. The van der Waals surface area contributed by atoms with Gasteiger partial charge in [0.05, 0.1) is 6.10 Å². The first kappa shape index (κ1) is 10.2. The Hall–Kier alpha value is -1.36. The maximum absolute atomic E-state index is 11.4. The zero-order valence-corrected chi connectivity index (χ0v) is 8.44. The number of rotatable bonds is 3. The third-order valence-corrected chi connectivity index (χ3v) is 2.37. The average Bonchev–Trinajstić information content (AvgIpc) is 2.81. The monoisotopic (exact) mass is 210 g/mol. The fourth-order valence-corrected chi connectivity index (χ4v) is 1.55. The first-order chi connectivity index (χ1) is 7.36. The maximum Gasteiger partial charge on any atom is 0.374 e. The molecule has 0 bridgehead atoms. The highest BCUT2D eigenvalue weighted by molar-refractivity contribution is 5.85. The Kier molecular flexibility index (Phi) is 3.34. The molecule has 1 saturated heterocycles. The standard InChI is InChI=1S/C10H14N2O3/c13-10(9-11-4-5-12-9)15-7-8-3-1-2-6-14-8/h4-5,8H,1-3,6-7H2,(H,11,12). The molecule has 5 heteroatoms. The summed E-state index contributed by atoms with van der Waals surface area (Å²) in [5.74, 6) is -0.181. The number of imidazole rings is 1. The van der Waals surface area contributed by atoms with Crippen molar-refractivity contribution in [1.29, 1.82) is 0 Å². The van der Waals surface area contributed by atoms with Crippen LogP contribution in [0.1, 0.15) is 29.9 Å². The summed E-state index contributed by atoms with van der Waals surface area (Å²) in [7, 11) is 0. The van der Waals surface area contributed by atoms with Crippen LogP contribution in [0.25, 0.3) is 0 Å². The van der Waals surface area contributed by atoms with Crippen molar-refractivity contribution in [2.75, 3.05) is 13.2 Å². The van der Waals surface area contributed by atoms with Gasteiger partial charge in [-0.25, -0.2) is 9.78 Å². The van der Waals surface area contributed by atoms with Crippen LogP contribution in [0.15, 0.2) is 12.4 Å². The van der Waals surface area contributed by atoms with Gasteiger partial charge in [-0.15, -0.1) is 0 Å². The highest BCUT2D eigenvalue weighted by Crippen LogP contribution is 2.13. The minimum absolute atomic E-state index is 0.0534. The van der Waals surface area contributed by atoms with Gasteiger partial charge < -0.3 is 14.5 Å². The molecule has 0 aliphatic carbocycles. The number of aromatic amines is 1. The number of carbonyl (C=O) groups excluding carboxylic acids is 1. The smallest absolute Gasteiger partial charge is 0.374 e. The minimum atomic E-state index is -0.422. The number of carbonyl (C=O) groups is 1. The number of hydrogen-bond acceptors (Lipinski definition) is 4. The van der Waals surface area contributed by atoms with Crippen LogP contribution in [0.5, 0.6) is 0 Å². The van der Waals surface area contributed by atoms with Gasteiger partial charge in [-0.2, -0.15) is 0 Å². The SMILES string of the molecule is O=C(OCC1CCCCO1)c1ncc[nH]1. The Morgan fingerprint density at radius 3 is 3.27 bits per heavy atom. The van der Waals surface area contributed by atoms with E-state index in [0.29, 0.717) is 6.61 Å². The number of esters is 1. The normalized spacial score (nSPS) is 21.2. The fraction of sp³-hybridized carbons (Fsp3) is 0.600. The molecule has 1 aromatic rings. The second-order valence-electron chi connectivity index (χ2n) is 3.52. The largest absolute Gasteiger partial charge is 0.457 e. The first-order valence-corrected chi connectivity index (χ1v) is 5.14. The summed E-state index contributed by atoms with van der Waals surface area (Å²) in [5, 5.41) is 0. The van der Waals surface area contributed by atoms with Crippen LogP contribution in [0.4, 0.5) is 0 Å². The van der Waals surface area contributed by atoms with Gasteiger partial charge in [0.1, 0.15) is 6.61 Å². The Bertz CT molecular complexity index is 304. The molecule has 2 rings (SSSR count). The Balaban J connectivity index is 1.75. The van der Waals surface area contributed by atoms with Crippen molar-refractivity contribution in [3.8, 4) is 0 Å². The number of H-pyrrole nitrogens is 1. The summed E-state index contributed by atoms with van der Waals surface area (Å²) in [6.45, 7) is 1.09. The molecule has 1 aliphatic heterocycles. The van der Waals surface area contributed by atoms with Crippen LogP contribution in [-0.2, 0) is 9.47 Å². The summed E-state index contributed by atoms with van der Waals surface area (Å²) in [6.07, 6.45) is 6.37. The van der Waals surface area contributed by atoms with E-state index in [1.54, 1.807) is 6.20 Å². The molecule has 82 valence electrons. The molecule has 5 nitrogen and oxygen atoms in total. The third kappa shape index (κ3) is 2.79. The Morgan fingerprint density at radius 2 is 2.60 bits per heavy atom. The van der Waals surface area contributed by atoms with E-state index in [1.807, 2.05) is 0 Å². The van der Waals surface area contributed by atoms with Gasteiger partial charge in [0, 0.05) is 19.0 Å². The molecule has 0 aromatic carbocycles. The highest BCUT2D eigenvalue weighted by Gasteiger charge is 2.17. The number of nitrogens with zero attached hydrogens (tertiary/aromatic N) is 1. The van der Waals surface area contributed by atoms with E-state index in [9.17, 15) is 4.79 Å². The van der Waals surface area contributed by atoms with Gasteiger partial charge in [0.25, 0.3) is 0 Å². The van der Waals surface area contributed by atoms with Gasteiger partial charge in [0.15, 0.2) is 0 Å². The topological polar surface area (TPSA) is 64.2 Å². The first-order valence-electron chi connectivity index (χ1n) is 5.14. The summed E-state index contributed by atoms with van der Waals surface area (Å²) >= 11 is 0. The lowest BCUT2D eigenvalue weighted by Crippen LogP contribution is -2.26. The molecule has 1 aromatic heterocycles. The molecule has 1 atom stereocenters. The molecule has 0 amide bonds. The van der Waals surface area contributed by atoms with Crippen molar-refractivity contribution in [2.45, 2.75) is 25.4 Å². The van der Waals surface area contributed by atoms with E-state index >= 15 is 0 Å².